The van der Waals surface area contributed by atoms with Crippen molar-refractivity contribution in [3.63, 3.8) is 0 Å². The zero-order valence-corrected chi connectivity index (χ0v) is 19.0. The van der Waals surface area contributed by atoms with E-state index in [-0.39, 0.29) is 12.5 Å². The van der Waals surface area contributed by atoms with Crippen LogP contribution in [0.3, 0.4) is 0 Å². The van der Waals surface area contributed by atoms with Gasteiger partial charge in [0.2, 0.25) is 0 Å². The maximum atomic E-state index is 12.2. The maximum absolute atomic E-state index is 12.2. The number of rotatable bonds is 9. The molecule has 1 amide bonds. The van der Waals surface area contributed by atoms with Gasteiger partial charge in [-0.2, -0.15) is 0 Å². The first-order valence-corrected chi connectivity index (χ1v) is 10.4. The highest BCUT2D eigenvalue weighted by molar-refractivity contribution is 5.92. The second kappa shape index (κ2) is 10.4. The van der Waals surface area contributed by atoms with Gasteiger partial charge in [-0.3, -0.25) is 9.78 Å². The number of hydrogen-bond acceptors (Lipinski definition) is 7. The van der Waals surface area contributed by atoms with Crippen LogP contribution in [0, 0.1) is 0 Å². The highest BCUT2D eigenvalue weighted by Gasteiger charge is 2.12. The van der Waals surface area contributed by atoms with E-state index >= 15 is 0 Å². The van der Waals surface area contributed by atoms with E-state index in [1.54, 1.807) is 88.2 Å². The van der Waals surface area contributed by atoms with Crippen LogP contribution < -0.4 is 29.0 Å². The van der Waals surface area contributed by atoms with Gasteiger partial charge in [0.05, 0.1) is 26.8 Å². The molecule has 0 aliphatic heterocycles. The Morgan fingerprint density at radius 1 is 0.794 bits per heavy atom. The Balaban J connectivity index is 1.40. The van der Waals surface area contributed by atoms with Gasteiger partial charge in [0.25, 0.3) is 5.91 Å². The second-order valence-electron chi connectivity index (χ2n) is 7.18. The lowest BCUT2D eigenvalue weighted by atomic mass is 10.2. The van der Waals surface area contributed by atoms with Gasteiger partial charge < -0.3 is 29.0 Å². The number of nitrogens with one attached hydrogen (secondary N) is 1. The largest absolute Gasteiger partial charge is 0.497 e. The van der Waals surface area contributed by atoms with Crippen molar-refractivity contribution in [1.29, 1.82) is 0 Å². The molecule has 8 nitrogen and oxygen atoms in total. The molecule has 34 heavy (non-hydrogen) atoms. The van der Waals surface area contributed by atoms with Crippen molar-refractivity contribution < 1.29 is 28.5 Å². The number of anilines is 1. The van der Waals surface area contributed by atoms with Crippen molar-refractivity contribution >= 4 is 22.5 Å². The third-order valence-corrected chi connectivity index (χ3v) is 4.98. The molecular weight excluding hydrogens is 436 g/mol. The van der Waals surface area contributed by atoms with E-state index in [2.05, 4.69) is 10.3 Å². The SMILES string of the molecule is COc1cccc(NC(=O)COc2ccc(Oc3ccnc4cc(OC)c(OC)cc34)cc2)c1. The van der Waals surface area contributed by atoms with Gasteiger partial charge in [-0.1, -0.05) is 6.07 Å². The molecule has 0 unspecified atom stereocenters. The van der Waals surface area contributed by atoms with Crippen LogP contribution in [-0.4, -0.2) is 38.8 Å². The Bertz CT molecular complexity index is 1290. The minimum atomic E-state index is -0.277. The lowest BCUT2D eigenvalue weighted by Crippen LogP contribution is -2.20. The summed E-state index contributed by atoms with van der Waals surface area (Å²) in [6.45, 7) is -0.131. The van der Waals surface area contributed by atoms with Crippen molar-refractivity contribution in [3.8, 4) is 34.5 Å². The highest BCUT2D eigenvalue weighted by Crippen LogP contribution is 2.37. The summed E-state index contributed by atoms with van der Waals surface area (Å²) in [6.07, 6.45) is 1.67. The van der Waals surface area contributed by atoms with Crippen molar-refractivity contribution in [2.45, 2.75) is 0 Å². The van der Waals surface area contributed by atoms with Crippen LogP contribution in [0.4, 0.5) is 5.69 Å². The van der Waals surface area contributed by atoms with Crippen LogP contribution >= 0.6 is 0 Å². The summed E-state index contributed by atoms with van der Waals surface area (Å²) in [5, 5.41) is 3.56. The van der Waals surface area contributed by atoms with E-state index in [1.807, 2.05) is 6.07 Å². The van der Waals surface area contributed by atoms with Crippen molar-refractivity contribution in [1.82, 2.24) is 4.98 Å². The number of amides is 1. The molecule has 0 saturated carbocycles. The predicted octanol–water partition coefficient (Wildman–Crippen LogP) is 5.07. The zero-order chi connectivity index (χ0) is 23.9. The molecule has 0 atom stereocenters. The first kappa shape index (κ1) is 22.7. The number of aromatic nitrogens is 1. The Morgan fingerprint density at radius 3 is 2.26 bits per heavy atom. The van der Waals surface area contributed by atoms with E-state index in [0.29, 0.717) is 40.2 Å². The van der Waals surface area contributed by atoms with Gasteiger partial charge in [0.1, 0.15) is 23.0 Å². The standard InChI is InChI=1S/C26H24N2O6/c1-30-20-6-4-5-17(13-20)28-26(29)16-33-18-7-9-19(10-8-18)34-23-11-12-27-22-15-25(32-3)24(31-2)14-21(22)23/h4-15H,16H2,1-3H3,(H,28,29). The molecular formula is C26H24N2O6. The number of hydrogen-bond donors (Lipinski definition) is 1. The average molecular weight is 460 g/mol. The molecule has 0 bridgehead atoms. The lowest BCUT2D eigenvalue weighted by molar-refractivity contribution is -0.118. The van der Waals surface area contributed by atoms with Gasteiger partial charge in [-0.05, 0) is 48.5 Å². The molecule has 0 spiro atoms. The highest BCUT2D eigenvalue weighted by atomic mass is 16.5. The summed E-state index contributed by atoms with van der Waals surface area (Å²) in [6, 6.07) is 19.5. The fourth-order valence-corrected chi connectivity index (χ4v) is 3.31. The van der Waals surface area contributed by atoms with Crippen molar-refractivity contribution in [2.24, 2.45) is 0 Å². The van der Waals surface area contributed by atoms with Crippen LogP contribution in [0.15, 0.2) is 72.9 Å². The summed E-state index contributed by atoms with van der Waals surface area (Å²) in [5.74, 6) is 3.34. The number of methoxy groups -OCH3 is 3. The van der Waals surface area contributed by atoms with Gasteiger partial charge in [-0.25, -0.2) is 0 Å². The molecule has 1 heterocycles. The summed E-state index contributed by atoms with van der Waals surface area (Å²) >= 11 is 0. The average Bonchev–Trinajstić information content (AvgIpc) is 2.87. The fourth-order valence-electron chi connectivity index (χ4n) is 3.31. The van der Waals surface area contributed by atoms with Crippen LogP contribution in [0.25, 0.3) is 10.9 Å². The lowest BCUT2D eigenvalue weighted by Gasteiger charge is -2.13. The van der Waals surface area contributed by atoms with Crippen LogP contribution in [0.5, 0.6) is 34.5 Å². The molecule has 0 saturated heterocycles. The van der Waals surface area contributed by atoms with Crippen molar-refractivity contribution in [3.05, 3.63) is 72.9 Å². The van der Waals surface area contributed by atoms with Gasteiger partial charge in [0.15, 0.2) is 18.1 Å². The zero-order valence-electron chi connectivity index (χ0n) is 19.0. The van der Waals surface area contributed by atoms with Crippen LogP contribution in [0.2, 0.25) is 0 Å². The molecule has 0 radical (unpaired) electrons. The normalized spacial score (nSPS) is 10.4. The second-order valence-corrected chi connectivity index (χ2v) is 7.18. The fraction of sp³-hybridized carbons (Fsp3) is 0.154. The molecule has 1 N–H and O–H groups in total. The third kappa shape index (κ3) is 5.29. The predicted molar refractivity (Wildman–Crippen MR) is 128 cm³/mol. The molecule has 1 aromatic heterocycles. The number of fused-ring (bicyclic) bond motifs is 1. The minimum Gasteiger partial charge on any atom is -0.497 e. The number of benzene rings is 3. The summed E-state index contributed by atoms with van der Waals surface area (Å²) in [5.41, 5.74) is 1.35. The molecule has 0 fully saturated rings. The number of carbonyl (C=O) groups is 1. The van der Waals surface area contributed by atoms with E-state index in [9.17, 15) is 4.79 Å². The summed E-state index contributed by atoms with van der Waals surface area (Å²) in [7, 11) is 4.73. The first-order valence-electron chi connectivity index (χ1n) is 10.4. The van der Waals surface area contributed by atoms with E-state index in [4.69, 9.17) is 23.7 Å². The summed E-state index contributed by atoms with van der Waals surface area (Å²) in [4.78, 5) is 16.6. The summed E-state index contributed by atoms with van der Waals surface area (Å²) < 4.78 is 27.5. The van der Waals surface area contributed by atoms with Crippen LogP contribution in [0.1, 0.15) is 0 Å². The Morgan fingerprint density at radius 2 is 1.53 bits per heavy atom. The number of carbonyl (C=O) groups excluding carboxylic acids is 1. The molecule has 4 aromatic rings. The Kier molecular flexibility index (Phi) is 6.98. The molecule has 4 rings (SSSR count). The van der Waals surface area contributed by atoms with E-state index in [1.165, 1.54) is 0 Å². The molecule has 3 aromatic carbocycles. The molecule has 0 aliphatic carbocycles. The minimum absolute atomic E-state index is 0.131. The Hall–Kier alpha value is -4.46. The maximum Gasteiger partial charge on any atom is 0.262 e. The van der Waals surface area contributed by atoms with Crippen LogP contribution in [-0.2, 0) is 4.79 Å². The van der Waals surface area contributed by atoms with Gasteiger partial charge in [-0.15, -0.1) is 0 Å². The topological polar surface area (TPSA) is 88.1 Å². The third-order valence-electron chi connectivity index (χ3n) is 4.98. The van der Waals surface area contributed by atoms with E-state index in [0.717, 1.165) is 10.9 Å². The van der Waals surface area contributed by atoms with E-state index < -0.39 is 0 Å². The number of nitrogens with zero attached hydrogens (tertiary/aromatic N) is 1. The number of ether oxygens (including phenoxy) is 5. The smallest absolute Gasteiger partial charge is 0.262 e. The molecule has 174 valence electrons. The molecule has 0 aliphatic rings. The molecule has 8 heteroatoms. The van der Waals surface area contributed by atoms with Gasteiger partial charge >= 0.3 is 0 Å². The quantitative estimate of drug-likeness (QED) is 0.373. The Labute approximate surface area is 197 Å². The van der Waals surface area contributed by atoms with Gasteiger partial charge in [0, 0.05) is 29.4 Å². The number of pyridine rings is 1. The van der Waals surface area contributed by atoms with Crippen molar-refractivity contribution in [2.75, 3.05) is 33.3 Å². The first-order chi connectivity index (χ1) is 16.6. The monoisotopic (exact) mass is 460 g/mol.